The fourth-order valence-electron chi connectivity index (χ4n) is 0.955. The molecule has 0 heterocycles. The summed E-state index contributed by atoms with van der Waals surface area (Å²) in [5.74, 6) is -9.42. The van der Waals surface area contributed by atoms with Crippen LogP contribution < -0.4 is 0 Å². The Morgan fingerprint density at radius 1 is 1.13 bits per heavy atom. The minimum atomic E-state index is -2.66. The van der Waals surface area contributed by atoms with Crippen LogP contribution >= 0.6 is 0 Å². The molecule has 0 saturated carbocycles. The Bertz CT molecular complexity index is 393. The van der Waals surface area contributed by atoms with Crippen molar-refractivity contribution in [3.63, 3.8) is 0 Å². The molecule has 0 aliphatic carbocycles. The number of rotatable bonds is 2. The van der Waals surface area contributed by atoms with Crippen molar-refractivity contribution in [2.24, 2.45) is 0 Å². The molecule has 3 nitrogen and oxygen atoms in total. The van der Waals surface area contributed by atoms with Crippen LogP contribution in [0.1, 0.15) is 11.7 Å². The van der Waals surface area contributed by atoms with Crippen molar-refractivity contribution in [3.8, 4) is 0 Å². The zero-order valence-corrected chi connectivity index (χ0v) is 6.97. The van der Waals surface area contributed by atoms with Crippen molar-refractivity contribution >= 4 is 5.97 Å². The summed E-state index contributed by atoms with van der Waals surface area (Å²) in [5.41, 5.74) is -1.56. The second kappa shape index (κ2) is 3.85. The summed E-state index contributed by atoms with van der Waals surface area (Å²) in [4.78, 5) is 10.2. The molecular weight excluding hydrogens is 220 g/mol. The van der Waals surface area contributed by atoms with E-state index in [1.54, 1.807) is 0 Å². The van der Waals surface area contributed by atoms with E-state index in [1.165, 1.54) is 0 Å². The first-order valence-electron chi connectivity index (χ1n) is 3.60. The monoisotopic (exact) mass is 224 g/mol. The molecule has 0 saturated heterocycles. The topological polar surface area (TPSA) is 57.5 Å². The molecule has 0 fully saturated rings. The van der Waals surface area contributed by atoms with E-state index >= 15 is 0 Å². The second-order valence-electron chi connectivity index (χ2n) is 2.62. The summed E-state index contributed by atoms with van der Waals surface area (Å²) < 4.78 is 50.8. The van der Waals surface area contributed by atoms with Gasteiger partial charge in [-0.25, -0.2) is 22.4 Å². The lowest BCUT2D eigenvalue weighted by atomic mass is 10.1. The zero-order valence-electron chi connectivity index (χ0n) is 6.97. The van der Waals surface area contributed by atoms with Gasteiger partial charge >= 0.3 is 5.97 Å². The van der Waals surface area contributed by atoms with Gasteiger partial charge in [0.05, 0.1) is 5.56 Å². The quantitative estimate of drug-likeness (QED) is 0.589. The van der Waals surface area contributed by atoms with E-state index in [2.05, 4.69) is 0 Å². The minimum Gasteiger partial charge on any atom is -0.479 e. The highest BCUT2D eigenvalue weighted by Gasteiger charge is 2.28. The number of aliphatic hydroxyl groups is 1. The van der Waals surface area contributed by atoms with Crippen LogP contribution in [0.4, 0.5) is 17.6 Å². The molecule has 0 aliphatic rings. The summed E-state index contributed by atoms with van der Waals surface area (Å²) in [7, 11) is 0. The number of aliphatic carboxylic acids is 1. The van der Waals surface area contributed by atoms with Crippen LogP contribution in [0.25, 0.3) is 0 Å². The van der Waals surface area contributed by atoms with E-state index < -0.39 is 40.9 Å². The van der Waals surface area contributed by atoms with Crippen LogP contribution in [0.15, 0.2) is 6.07 Å². The van der Waals surface area contributed by atoms with Gasteiger partial charge in [-0.15, -0.1) is 0 Å². The van der Waals surface area contributed by atoms with Crippen LogP contribution in [0, 0.1) is 23.3 Å². The maximum Gasteiger partial charge on any atom is 0.337 e. The Labute approximate surface area is 80.6 Å². The summed E-state index contributed by atoms with van der Waals surface area (Å²) in [6, 6.07) is -0.0806. The van der Waals surface area contributed by atoms with Gasteiger partial charge < -0.3 is 10.2 Å². The molecule has 0 unspecified atom stereocenters. The van der Waals surface area contributed by atoms with Gasteiger partial charge in [0.15, 0.2) is 29.4 Å². The van der Waals surface area contributed by atoms with Crippen LogP contribution in [-0.4, -0.2) is 16.2 Å². The minimum absolute atomic E-state index is 0.0806. The van der Waals surface area contributed by atoms with Crippen molar-refractivity contribution in [2.75, 3.05) is 0 Å². The number of benzene rings is 1. The van der Waals surface area contributed by atoms with Gasteiger partial charge in [0.25, 0.3) is 0 Å². The lowest BCUT2D eigenvalue weighted by Gasteiger charge is -2.09. The first kappa shape index (κ1) is 11.4. The van der Waals surface area contributed by atoms with Gasteiger partial charge in [0.2, 0.25) is 0 Å². The van der Waals surface area contributed by atoms with Gasteiger partial charge in [0.1, 0.15) is 0 Å². The molecule has 0 bridgehead atoms. The molecule has 0 radical (unpaired) electrons. The van der Waals surface area contributed by atoms with Crippen molar-refractivity contribution in [1.82, 2.24) is 0 Å². The molecular formula is C8H4F4O3. The van der Waals surface area contributed by atoms with E-state index in [0.29, 0.717) is 0 Å². The maximum absolute atomic E-state index is 12.8. The second-order valence-corrected chi connectivity index (χ2v) is 2.62. The normalized spacial score (nSPS) is 12.6. The largest absolute Gasteiger partial charge is 0.479 e. The summed E-state index contributed by atoms with van der Waals surface area (Å²) >= 11 is 0. The van der Waals surface area contributed by atoms with Crippen LogP contribution in [0.5, 0.6) is 0 Å². The average Bonchev–Trinajstić information content (AvgIpc) is 2.15. The van der Waals surface area contributed by atoms with Gasteiger partial charge in [-0.1, -0.05) is 0 Å². The van der Waals surface area contributed by atoms with Gasteiger partial charge in [-0.2, -0.15) is 0 Å². The van der Waals surface area contributed by atoms with Gasteiger partial charge in [-0.3, -0.25) is 0 Å². The molecule has 0 amide bonds. The predicted octanol–water partition coefficient (Wildman–Crippen LogP) is 1.36. The van der Waals surface area contributed by atoms with Crippen molar-refractivity contribution in [3.05, 3.63) is 34.9 Å². The zero-order chi connectivity index (χ0) is 11.7. The highest BCUT2D eigenvalue weighted by molar-refractivity contribution is 5.74. The molecule has 1 aromatic rings. The van der Waals surface area contributed by atoms with Gasteiger partial charge in [-0.05, 0) is 0 Å². The van der Waals surface area contributed by atoms with E-state index in [1.807, 2.05) is 0 Å². The molecule has 1 atom stereocenters. The molecule has 0 aliphatic heterocycles. The number of hydrogen-bond donors (Lipinski definition) is 2. The Morgan fingerprint density at radius 2 is 1.53 bits per heavy atom. The van der Waals surface area contributed by atoms with Crippen LogP contribution in [0.3, 0.4) is 0 Å². The number of hydrogen-bond acceptors (Lipinski definition) is 2. The highest BCUT2D eigenvalue weighted by atomic mass is 19.2. The SMILES string of the molecule is O=C(O)[C@@H](O)c1c(F)c(F)cc(F)c1F. The fraction of sp³-hybridized carbons (Fsp3) is 0.125. The lowest BCUT2D eigenvalue weighted by molar-refractivity contribution is -0.147. The Balaban J connectivity index is 3.45. The molecule has 1 aromatic carbocycles. The first-order valence-corrected chi connectivity index (χ1v) is 3.60. The number of halogens is 4. The van der Waals surface area contributed by atoms with E-state index in [4.69, 9.17) is 10.2 Å². The molecule has 15 heavy (non-hydrogen) atoms. The standard InChI is InChI=1S/C8H4F4O3/c9-2-1-3(10)6(12)4(5(2)11)7(13)8(14)15/h1,7,13H,(H,14,15)/t7-/m0/s1. The third kappa shape index (κ3) is 1.91. The summed E-state index contributed by atoms with van der Waals surface area (Å²) in [6.07, 6.45) is -2.66. The molecule has 0 spiro atoms. The van der Waals surface area contributed by atoms with E-state index in [0.717, 1.165) is 0 Å². The first-order chi connectivity index (χ1) is 6.86. The number of aliphatic hydroxyl groups excluding tert-OH is 1. The van der Waals surface area contributed by atoms with Crippen molar-refractivity contribution < 1.29 is 32.6 Å². The van der Waals surface area contributed by atoms with E-state index in [9.17, 15) is 22.4 Å². The van der Waals surface area contributed by atoms with Crippen LogP contribution in [-0.2, 0) is 4.79 Å². The Kier molecular flexibility index (Phi) is 2.94. The molecule has 1 rings (SSSR count). The smallest absolute Gasteiger partial charge is 0.337 e. The fourth-order valence-corrected chi connectivity index (χ4v) is 0.955. The Hall–Kier alpha value is -1.63. The molecule has 82 valence electrons. The number of carboxylic acids is 1. The van der Waals surface area contributed by atoms with Crippen LogP contribution in [0.2, 0.25) is 0 Å². The highest BCUT2D eigenvalue weighted by Crippen LogP contribution is 2.25. The van der Waals surface area contributed by atoms with Crippen molar-refractivity contribution in [2.45, 2.75) is 6.10 Å². The summed E-state index contributed by atoms with van der Waals surface area (Å²) in [6.45, 7) is 0. The molecule has 2 N–H and O–H groups in total. The lowest BCUT2D eigenvalue weighted by Crippen LogP contribution is -2.16. The predicted molar refractivity (Wildman–Crippen MR) is 38.9 cm³/mol. The average molecular weight is 224 g/mol. The number of carboxylic acid groups (broad SMARTS) is 1. The van der Waals surface area contributed by atoms with Crippen molar-refractivity contribution in [1.29, 1.82) is 0 Å². The van der Waals surface area contributed by atoms with E-state index in [-0.39, 0.29) is 6.07 Å². The maximum atomic E-state index is 12.8. The Morgan fingerprint density at radius 3 is 1.87 bits per heavy atom. The molecule has 0 aromatic heterocycles. The third-order valence-corrected chi connectivity index (χ3v) is 1.65. The number of carbonyl (C=O) groups is 1. The van der Waals surface area contributed by atoms with Gasteiger partial charge in [0, 0.05) is 6.07 Å². The third-order valence-electron chi connectivity index (χ3n) is 1.65. The molecule has 7 heteroatoms. The summed E-state index contributed by atoms with van der Waals surface area (Å²) in [5, 5.41) is 17.0.